The van der Waals surface area contributed by atoms with Crippen molar-refractivity contribution in [3.8, 4) is 33.4 Å². The molecule has 10 rings (SSSR count). The molecule has 1 nitrogen and oxygen atoms in total. The van der Waals surface area contributed by atoms with Gasteiger partial charge in [0.1, 0.15) is 11.2 Å². The lowest BCUT2D eigenvalue weighted by molar-refractivity contribution is 0.669. The summed E-state index contributed by atoms with van der Waals surface area (Å²) in [6.45, 7) is 0. The number of rotatable bonds is 3. The largest absolute Gasteiger partial charge is 0.456 e. The van der Waals surface area contributed by atoms with E-state index in [1.54, 1.807) is 0 Å². The predicted molar refractivity (Wildman–Crippen MR) is 200 cm³/mol. The molecule has 0 aliphatic carbocycles. The summed E-state index contributed by atoms with van der Waals surface area (Å²) in [5.74, 6) is 0. The zero-order valence-corrected chi connectivity index (χ0v) is 24.5. The first kappa shape index (κ1) is 15.9. The minimum atomic E-state index is -0.580. The molecule has 1 heteroatoms. The minimum absolute atomic E-state index is 0.0339. The monoisotopic (exact) mass is 610 g/mol. The van der Waals surface area contributed by atoms with Crippen molar-refractivity contribution in [2.75, 3.05) is 0 Å². The summed E-state index contributed by atoms with van der Waals surface area (Å²) in [5, 5.41) is 3.64. The molecule has 0 unspecified atom stereocenters. The van der Waals surface area contributed by atoms with Gasteiger partial charge in [0.25, 0.3) is 0 Å². The SMILES string of the molecule is [2H]c1c([2H])c([2H])c(-c2cc(-c3c4ccccc4c(-c4c([2H])c([2H])c5oc6c([2H])c7c([2H])c([2H])c([2H])c([2H])c7c([2H])c6c5c4[2H])c4ccccc34)c3ccccc3c2)c([2H])c1[2H]. The molecule has 0 N–H and O–H groups in total. The molecular formula is C46H28O. The average molecular weight is 611 g/mol. The Labute approximate surface area is 291 Å². The van der Waals surface area contributed by atoms with Crippen LogP contribution in [0.5, 0.6) is 0 Å². The molecule has 0 radical (unpaired) electrons. The minimum Gasteiger partial charge on any atom is -0.456 e. The second-order valence-corrected chi connectivity index (χ2v) is 11.3. The number of hydrogen-bond acceptors (Lipinski definition) is 1. The van der Waals surface area contributed by atoms with Crippen molar-refractivity contribution in [2.45, 2.75) is 0 Å². The maximum Gasteiger partial charge on any atom is 0.136 e. The van der Waals surface area contributed by atoms with Gasteiger partial charge in [-0.3, -0.25) is 0 Å². The maximum absolute atomic E-state index is 9.81. The smallest absolute Gasteiger partial charge is 0.136 e. The lowest BCUT2D eigenvalue weighted by Gasteiger charge is -2.19. The van der Waals surface area contributed by atoms with E-state index in [2.05, 4.69) is 0 Å². The van der Waals surface area contributed by atoms with E-state index in [1.165, 1.54) is 0 Å². The molecule has 0 aliphatic rings. The highest BCUT2D eigenvalue weighted by Crippen LogP contribution is 2.47. The lowest BCUT2D eigenvalue weighted by Crippen LogP contribution is -1.92. The van der Waals surface area contributed by atoms with Gasteiger partial charge < -0.3 is 4.42 Å². The highest BCUT2D eigenvalue weighted by molar-refractivity contribution is 6.24. The van der Waals surface area contributed by atoms with Gasteiger partial charge in [-0.1, -0.05) is 133 Å². The first-order valence-corrected chi connectivity index (χ1v) is 15.0. The molecule has 0 bridgehead atoms. The van der Waals surface area contributed by atoms with Crippen LogP contribution in [0, 0.1) is 0 Å². The number of hydrogen-bond donors (Lipinski definition) is 0. The van der Waals surface area contributed by atoms with Crippen LogP contribution in [0.1, 0.15) is 19.2 Å². The van der Waals surface area contributed by atoms with Crippen LogP contribution in [-0.4, -0.2) is 0 Å². The van der Waals surface area contributed by atoms with Gasteiger partial charge in [-0.25, -0.2) is 0 Å². The summed E-state index contributed by atoms with van der Waals surface area (Å²) in [6, 6.07) is 20.0. The molecule has 0 atom stereocenters. The van der Waals surface area contributed by atoms with Crippen molar-refractivity contribution in [1.29, 1.82) is 0 Å². The van der Waals surface area contributed by atoms with Crippen molar-refractivity contribution >= 4 is 65.0 Å². The van der Waals surface area contributed by atoms with Gasteiger partial charge in [0.15, 0.2) is 0 Å². The van der Waals surface area contributed by atoms with Crippen LogP contribution in [0.25, 0.3) is 98.4 Å². The Balaban J connectivity index is 1.35. The predicted octanol–water partition coefficient (Wildman–Crippen LogP) is 13.2. The van der Waals surface area contributed by atoms with Crippen LogP contribution in [0.3, 0.4) is 0 Å². The van der Waals surface area contributed by atoms with Gasteiger partial charge in [0.2, 0.25) is 0 Å². The van der Waals surface area contributed by atoms with Crippen LogP contribution in [-0.2, 0) is 0 Å². The summed E-state index contributed by atoms with van der Waals surface area (Å²) in [7, 11) is 0. The van der Waals surface area contributed by atoms with E-state index in [9.17, 15) is 5.48 Å². The molecule has 218 valence electrons. The zero-order valence-electron chi connectivity index (χ0n) is 38.5. The van der Waals surface area contributed by atoms with Gasteiger partial charge >= 0.3 is 0 Å². The van der Waals surface area contributed by atoms with Crippen molar-refractivity contribution in [3.05, 3.63) is 170 Å². The van der Waals surface area contributed by atoms with Crippen LogP contribution in [0.2, 0.25) is 0 Å². The molecule has 0 aliphatic heterocycles. The zero-order chi connectivity index (χ0) is 43.1. The van der Waals surface area contributed by atoms with Gasteiger partial charge in [0, 0.05) is 10.8 Å². The topological polar surface area (TPSA) is 13.1 Å². The molecule has 0 spiro atoms. The molecule has 0 saturated heterocycles. The number of furan rings is 1. The highest BCUT2D eigenvalue weighted by Gasteiger charge is 2.20. The van der Waals surface area contributed by atoms with Gasteiger partial charge in [-0.05, 0) is 113 Å². The summed E-state index contributed by atoms with van der Waals surface area (Å²) in [6.07, 6.45) is 0. The Morgan fingerprint density at radius 3 is 1.70 bits per heavy atom. The fraction of sp³-hybridized carbons (Fsp3) is 0. The van der Waals surface area contributed by atoms with Gasteiger partial charge in [0.05, 0.1) is 19.2 Å². The summed E-state index contributed by atoms with van der Waals surface area (Å²) >= 11 is 0. The number of fused-ring (bicyclic) bond motifs is 7. The normalized spacial score (nSPS) is 16.0. The molecular weight excluding hydrogens is 569 g/mol. The van der Waals surface area contributed by atoms with Crippen molar-refractivity contribution in [2.24, 2.45) is 0 Å². The average Bonchev–Trinajstić information content (AvgIpc) is 3.68. The number of benzene rings is 9. The molecule has 0 fully saturated rings. The third-order valence-corrected chi connectivity index (χ3v) is 8.74. The molecule has 0 amide bonds. The van der Waals surface area contributed by atoms with E-state index in [4.69, 9.17) is 18.1 Å². The first-order chi connectivity index (χ1) is 29.1. The molecule has 1 aromatic heterocycles. The van der Waals surface area contributed by atoms with Crippen LogP contribution < -0.4 is 0 Å². The standard InChI is InChI=1S/C46H28O/c1-2-12-29(13-3-1)34-24-32-16-6-7-17-35(32)42(27-34)46-38-20-10-8-18-36(38)45(37-19-9-11-21-39(37)46)33-22-23-43-40(26-33)41-25-30-14-4-5-15-31(30)28-44(41)47-43/h1-28H/i1D,2D,3D,4D,5D,12D,13D,14D,15D,22D,23D,25D,26D,28D. The van der Waals surface area contributed by atoms with Crippen molar-refractivity contribution in [3.63, 3.8) is 0 Å². The molecule has 10 aromatic rings. The Bertz CT molecular complexity index is 3560. The van der Waals surface area contributed by atoms with Crippen molar-refractivity contribution in [1.82, 2.24) is 0 Å². The van der Waals surface area contributed by atoms with Crippen molar-refractivity contribution < 1.29 is 23.6 Å². The molecule has 47 heavy (non-hydrogen) atoms. The molecule has 0 saturated carbocycles. The Morgan fingerprint density at radius 1 is 0.383 bits per heavy atom. The van der Waals surface area contributed by atoms with E-state index in [0.717, 1.165) is 16.3 Å². The van der Waals surface area contributed by atoms with Gasteiger partial charge in [-0.15, -0.1) is 0 Å². The summed E-state index contributed by atoms with van der Waals surface area (Å²) < 4.78 is 129. The lowest BCUT2D eigenvalue weighted by atomic mass is 9.83. The van der Waals surface area contributed by atoms with Crippen LogP contribution in [0.15, 0.2) is 174 Å². The van der Waals surface area contributed by atoms with Crippen LogP contribution >= 0.6 is 0 Å². The highest BCUT2D eigenvalue weighted by atomic mass is 16.3. The van der Waals surface area contributed by atoms with E-state index >= 15 is 0 Å². The molecule has 9 aromatic carbocycles. The fourth-order valence-electron chi connectivity index (χ4n) is 6.73. The third kappa shape index (κ3) is 4.03. The Kier molecular flexibility index (Phi) is 3.44. The van der Waals surface area contributed by atoms with E-state index in [-0.39, 0.29) is 74.0 Å². The second kappa shape index (κ2) is 10.2. The molecule has 1 heterocycles. The Morgan fingerprint density at radius 2 is 0.979 bits per heavy atom. The maximum atomic E-state index is 9.81. The third-order valence-electron chi connectivity index (χ3n) is 8.74. The summed E-state index contributed by atoms with van der Waals surface area (Å²) in [4.78, 5) is 0. The second-order valence-electron chi connectivity index (χ2n) is 11.3. The summed E-state index contributed by atoms with van der Waals surface area (Å²) in [5.41, 5.74) is 1.96. The Hall–Kier alpha value is -6.18. The van der Waals surface area contributed by atoms with Gasteiger partial charge in [-0.2, -0.15) is 0 Å². The quantitative estimate of drug-likeness (QED) is 0.181. The van der Waals surface area contributed by atoms with E-state index in [1.807, 2.05) is 84.9 Å². The van der Waals surface area contributed by atoms with Crippen LogP contribution in [0.4, 0.5) is 0 Å². The fourth-order valence-corrected chi connectivity index (χ4v) is 6.73. The first-order valence-electron chi connectivity index (χ1n) is 22.0. The van der Waals surface area contributed by atoms with E-state index < -0.39 is 54.4 Å². The van der Waals surface area contributed by atoms with E-state index in [0.29, 0.717) is 38.2 Å².